The molecular weight excluding hydrogens is 298 g/mol. The van der Waals surface area contributed by atoms with Crippen LogP contribution in [0.4, 0.5) is 16.2 Å². The van der Waals surface area contributed by atoms with Gasteiger partial charge in [-0.1, -0.05) is 30.5 Å². The highest BCUT2D eigenvalue weighted by Gasteiger charge is 2.24. The number of hydrogen-bond acceptors (Lipinski definition) is 2. The minimum Gasteiger partial charge on any atom is -0.306 e. The van der Waals surface area contributed by atoms with E-state index in [1.807, 2.05) is 30.3 Å². The van der Waals surface area contributed by atoms with Crippen LogP contribution >= 0.6 is 11.6 Å². The molecule has 1 aliphatic carbocycles. The molecule has 2 aromatic rings. The summed E-state index contributed by atoms with van der Waals surface area (Å²) in [6, 6.07) is 10.9. The van der Waals surface area contributed by atoms with Gasteiger partial charge in [0.15, 0.2) is 0 Å². The fourth-order valence-electron chi connectivity index (χ4n) is 2.34. The predicted octanol–water partition coefficient (Wildman–Crippen LogP) is 4.57. The highest BCUT2D eigenvalue weighted by atomic mass is 35.5. The maximum atomic E-state index is 12.6. The molecular formula is C17H18ClN3O. The molecule has 0 bridgehead atoms. The summed E-state index contributed by atoms with van der Waals surface area (Å²) < 4.78 is 0. The predicted molar refractivity (Wildman–Crippen MR) is 89.4 cm³/mol. The van der Waals surface area contributed by atoms with Gasteiger partial charge in [-0.3, -0.25) is 9.88 Å². The third-order valence-corrected chi connectivity index (χ3v) is 3.97. The molecule has 1 fully saturated rings. The van der Waals surface area contributed by atoms with Crippen molar-refractivity contribution in [3.05, 3.63) is 53.8 Å². The van der Waals surface area contributed by atoms with E-state index in [9.17, 15) is 4.79 Å². The molecule has 0 atom stereocenters. The van der Waals surface area contributed by atoms with Crippen LogP contribution in [0, 0.1) is 5.92 Å². The maximum Gasteiger partial charge on any atom is 0.326 e. The fourth-order valence-corrected chi connectivity index (χ4v) is 2.52. The van der Waals surface area contributed by atoms with Crippen molar-refractivity contribution >= 4 is 29.0 Å². The van der Waals surface area contributed by atoms with Gasteiger partial charge in [0.2, 0.25) is 0 Å². The van der Waals surface area contributed by atoms with E-state index in [-0.39, 0.29) is 6.03 Å². The van der Waals surface area contributed by atoms with Gasteiger partial charge < -0.3 is 5.32 Å². The molecule has 0 saturated heterocycles. The number of urea groups is 1. The second-order valence-electron chi connectivity index (χ2n) is 5.54. The van der Waals surface area contributed by atoms with Crippen LogP contribution in [0.5, 0.6) is 0 Å². The van der Waals surface area contributed by atoms with Crippen LogP contribution in [0.15, 0.2) is 48.8 Å². The average molecular weight is 316 g/mol. The molecule has 1 aromatic heterocycles. The van der Waals surface area contributed by atoms with E-state index in [2.05, 4.69) is 10.3 Å². The van der Waals surface area contributed by atoms with Crippen molar-refractivity contribution in [2.75, 3.05) is 16.8 Å². The number of nitrogens with one attached hydrogen (secondary N) is 1. The van der Waals surface area contributed by atoms with Gasteiger partial charge in [0.05, 0.1) is 11.9 Å². The number of carbonyl (C=O) groups is 1. The zero-order chi connectivity index (χ0) is 15.4. The molecule has 5 heteroatoms. The molecule has 0 spiro atoms. The smallest absolute Gasteiger partial charge is 0.306 e. The Hall–Kier alpha value is -2.07. The first-order valence-electron chi connectivity index (χ1n) is 7.46. The molecule has 114 valence electrons. The Labute approximate surface area is 135 Å². The summed E-state index contributed by atoms with van der Waals surface area (Å²) in [7, 11) is 0. The van der Waals surface area contributed by atoms with Crippen molar-refractivity contribution < 1.29 is 4.79 Å². The Morgan fingerprint density at radius 2 is 2.18 bits per heavy atom. The number of hydrogen-bond donors (Lipinski definition) is 1. The standard InChI is InChI=1S/C17H18ClN3O/c18-14-3-1-5-16(11-14)21(10-8-13-6-7-13)17(22)20-15-4-2-9-19-12-15/h1-5,9,11-13H,6-8,10H2,(H,20,22). The van der Waals surface area contributed by atoms with Crippen molar-refractivity contribution in [1.82, 2.24) is 4.98 Å². The summed E-state index contributed by atoms with van der Waals surface area (Å²) in [6.45, 7) is 0.692. The molecule has 1 aliphatic rings. The first kappa shape index (κ1) is 14.9. The molecule has 0 radical (unpaired) electrons. The Morgan fingerprint density at radius 1 is 1.32 bits per heavy atom. The number of carbonyl (C=O) groups excluding carboxylic acids is 1. The Balaban J connectivity index is 1.75. The van der Waals surface area contributed by atoms with Crippen LogP contribution in [0.25, 0.3) is 0 Å². The zero-order valence-corrected chi connectivity index (χ0v) is 13.0. The number of pyridine rings is 1. The Kier molecular flexibility index (Phi) is 4.59. The number of anilines is 2. The van der Waals surface area contributed by atoms with Crippen molar-refractivity contribution in [2.24, 2.45) is 5.92 Å². The highest BCUT2D eigenvalue weighted by molar-refractivity contribution is 6.31. The average Bonchev–Trinajstić information content (AvgIpc) is 3.33. The SMILES string of the molecule is O=C(Nc1cccnc1)N(CCC1CC1)c1cccc(Cl)c1. The molecule has 2 amide bonds. The van der Waals surface area contributed by atoms with Crippen molar-refractivity contribution in [1.29, 1.82) is 0 Å². The van der Waals surface area contributed by atoms with E-state index < -0.39 is 0 Å². The molecule has 3 rings (SSSR count). The first-order valence-corrected chi connectivity index (χ1v) is 7.84. The van der Waals surface area contributed by atoms with E-state index in [0.717, 1.165) is 18.0 Å². The lowest BCUT2D eigenvalue weighted by atomic mass is 10.2. The first-order chi connectivity index (χ1) is 10.7. The summed E-state index contributed by atoms with van der Waals surface area (Å²) in [5.41, 5.74) is 1.50. The van der Waals surface area contributed by atoms with Crippen molar-refractivity contribution in [2.45, 2.75) is 19.3 Å². The maximum absolute atomic E-state index is 12.6. The summed E-state index contributed by atoms with van der Waals surface area (Å²) in [4.78, 5) is 18.4. The van der Waals surface area contributed by atoms with Gasteiger partial charge in [-0.15, -0.1) is 0 Å². The zero-order valence-electron chi connectivity index (χ0n) is 12.2. The third-order valence-electron chi connectivity index (χ3n) is 3.74. The van der Waals surface area contributed by atoms with Crippen molar-refractivity contribution in [3.63, 3.8) is 0 Å². The van der Waals surface area contributed by atoms with Gasteiger partial charge in [-0.25, -0.2) is 4.79 Å². The van der Waals surface area contributed by atoms with Crippen LogP contribution in [0.2, 0.25) is 5.02 Å². The molecule has 22 heavy (non-hydrogen) atoms. The molecule has 0 aliphatic heterocycles. The number of benzene rings is 1. The van der Waals surface area contributed by atoms with Gasteiger partial charge in [-0.05, 0) is 42.7 Å². The molecule has 1 aromatic carbocycles. The quantitative estimate of drug-likeness (QED) is 0.878. The monoisotopic (exact) mass is 315 g/mol. The summed E-state index contributed by atoms with van der Waals surface area (Å²) in [5, 5.41) is 3.51. The van der Waals surface area contributed by atoms with Gasteiger partial charge in [0.1, 0.15) is 0 Å². The minimum atomic E-state index is -0.157. The van der Waals surface area contributed by atoms with Gasteiger partial charge in [0.25, 0.3) is 0 Å². The van der Waals surface area contributed by atoms with Crippen molar-refractivity contribution in [3.8, 4) is 0 Å². The highest BCUT2D eigenvalue weighted by Crippen LogP contribution is 2.33. The van der Waals surface area contributed by atoms with Crippen LogP contribution in [-0.2, 0) is 0 Å². The van der Waals surface area contributed by atoms with Crippen LogP contribution in [0.1, 0.15) is 19.3 Å². The Morgan fingerprint density at radius 3 is 2.86 bits per heavy atom. The number of rotatable bonds is 5. The van der Waals surface area contributed by atoms with Gasteiger partial charge in [0, 0.05) is 23.5 Å². The van der Waals surface area contributed by atoms with E-state index in [1.54, 1.807) is 23.4 Å². The largest absolute Gasteiger partial charge is 0.326 e. The number of aromatic nitrogens is 1. The molecule has 1 N–H and O–H groups in total. The second-order valence-corrected chi connectivity index (χ2v) is 5.97. The van der Waals surface area contributed by atoms with Gasteiger partial charge in [-0.2, -0.15) is 0 Å². The number of halogens is 1. The number of nitrogens with zero attached hydrogens (tertiary/aromatic N) is 2. The fraction of sp³-hybridized carbons (Fsp3) is 0.294. The lowest BCUT2D eigenvalue weighted by molar-refractivity contribution is 0.256. The topological polar surface area (TPSA) is 45.2 Å². The van der Waals surface area contributed by atoms with Gasteiger partial charge >= 0.3 is 6.03 Å². The summed E-state index contributed by atoms with van der Waals surface area (Å²) >= 11 is 6.06. The lowest BCUT2D eigenvalue weighted by Gasteiger charge is -2.23. The third kappa shape index (κ3) is 3.98. The molecule has 1 heterocycles. The van der Waals surface area contributed by atoms with Crippen LogP contribution in [0.3, 0.4) is 0 Å². The second kappa shape index (κ2) is 6.79. The normalized spacial score (nSPS) is 13.7. The van der Waals surface area contributed by atoms with E-state index in [1.165, 1.54) is 12.8 Å². The van der Waals surface area contributed by atoms with E-state index in [0.29, 0.717) is 17.3 Å². The van der Waals surface area contributed by atoms with Crippen LogP contribution in [-0.4, -0.2) is 17.6 Å². The molecule has 0 unspecified atom stereocenters. The van der Waals surface area contributed by atoms with E-state index >= 15 is 0 Å². The molecule has 4 nitrogen and oxygen atoms in total. The Bertz CT molecular complexity index is 643. The summed E-state index contributed by atoms with van der Waals surface area (Å²) in [6.07, 6.45) is 6.88. The van der Waals surface area contributed by atoms with Crippen LogP contribution < -0.4 is 10.2 Å². The lowest BCUT2D eigenvalue weighted by Crippen LogP contribution is -2.36. The number of amides is 2. The van der Waals surface area contributed by atoms with E-state index in [4.69, 9.17) is 11.6 Å². The molecule has 1 saturated carbocycles. The minimum absolute atomic E-state index is 0.157. The summed E-state index contributed by atoms with van der Waals surface area (Å²) in [5.74, 6) is 0.757.